The predicted octanol–water partition coefficient (Wildman–Crippen LogP) is 3.02. The number of benzene rings is 2. The van der Waals surface area contributed by atoms with Gasteiger partial charge >= 0.3 is 0 Å². The van der Waals surface area contributed by atoms with Crippen molar-refractivity contribution in [3.05, 3.63) is 65.5 Å². The fourth-order valence-electron chi connectivity index (χ4n) is 1.33. The van der Waals surface area contributed by atoms with Crippen LogP contribution in [0.3, 0.4) is 0 Å². The molecule has 0 amide bonds. The van der Waals surface area contributed by atoms with Crippen molar-refractivity contribution < 1.29 is 13.9 Å². The van der Waals surface area contributed by atoms with Crippen LogP contribution in [0, 0.1) is 11.9 Å². The van der Waals surface area contributed by atoms with E-state index in [-0.39, 0.29) is 5.82 Å². The Bertz CT molecular complexity index is 489. The van der Waals surface area contributed by atoms with E-state index in [2.05, 4.69) is 6.07 Å². The molecule has 2 aromatic rings. The Morgan fingerprint density at radius 3 is 2.53 bits per heavy atom. The van der Waals surface area contributed by atoms with Crippen molar-refractivity contribution in [1.82, 2.24) is 0 Å². The fourth-order valence-corrected chi connectivity index (χ4v) is 1.33. The average molecular weight is 229 g/mol. The molecular formula is C14H10FO2. The number of ether oxygens (including phenoxy) is 1. The molecule has 0 saturated carbocycles. The summed E-state index contributed by atoms with van der Waals surface area (Å²) in [5.74, 6) is 0.359. The Morgan fingerprint density at radius 1 is 1.18 bits per heavy atom. The summed E-state index contributed by atoms with van der Waals surface area (Å²) in [6.07, 6.45) is 0.726. The standard InChI is InChI=1S/C14H10FO2/c15-13-5-1-12(2-6-13)10-17-14-7-3-11(9-16)4-8-14/h1-3,5-9H,10H2. The van der Waals surface area contributed by atoms with Gasteiger partial charge < -0.3 is 4.74 Å². The zero-order valence-electron chi connectivity index (χ0n) is 9.02. The predicted molar refractivity (Wildman–Crippen MR) is 61.4 cm³/mol. The van der Waals surface area contributed by atoms with E-state index in [0.29, 0.717) is 17.9 Å². The van der Waals surface area contributed by atoms with Crippen LogP contribution in [0.1, 0.15) is 15.9 Å². The highest BCUT2D eigenvalue weighted by molar-refractivity contribution is 5.74. The molecule has 2 aromatic carbocycles. The zero-order chi connectivity index (χ0) is 12.1. The Hall–Kier alpha value is -2.16. The van der Waals surface area contributed by atoms with Crippen molar-refractivity contribution in [3.8, 4) is 5.75 Å². The Balaban J connectivity index is 1.97. The fraction of sp³-hybridized carbons (Fsp3) is 0.0714. The van der Waals surface area contributed by atoms with E-state index in [0.717, 1.165) is 11.8 Å². The molecule has 17 heavy (non-hydrogen) atoms. The van der Waals surface area contributed by atoms with Gasteiger partial charge in [-0.05, 0) is 42.0 Å². The molecule has 2 nitrogen and oxygen atoms in total. The van der Waals surface area contributed by atoms with Crippen LogP contribution in [0.2, 0.25) is 0 Å². The molecule has 2 rings (SSSR count). The van der Waals surface area contributed by atoms with E-state index >= 15 is 0 Å². The van der Waals surface area contributed by atoms with Crippen LogP contribution in [0.25, 0.3) is 0 Å². The quantitative estimate of drug-likeness (QED) is 0.753. The third-order valence-electron chi connectivity index (χ3n) is 2.25. The first kappa shape index (κ1) is 11.3. The maximum atomic E-state index is 12.7. The number of hydrogen-bond donors (Lipinski definition) is 0. The summed E-state index contributed by atoms with van der Waals surface area (Å²) in [4.78, 5) is 10.4. The van der Waals surface area contributed by atoms with Gasteiger partial charge in [0.05, 0.1) is 0 Å². The molecule has 0 bridgehead atoms. The van der Waals surface area contributed by atoms with Gasteiger partial charge in [0.2, 0.25) is 0 Å². The maximum absolute atomic E-state index is 12.7. The van der Waals surface area contributed by atoms with Crippen LogP contribution < -0.4 is 4.74 Å². The smallest absolute Gasteiger partial charge is 0.150 e. The van der Waals surface area contributed by atoms with E-state index in [1.54, 1.807) is 30.3 Å². The van der Waals surface area contributed by atoms with Crippen LogP contribution in [0.15, 0.2) is 42.5 Å². The van der Waals surface area contributed by atoms with Crippen LogP contribution in [-0.2, 0) is 6.61 Å². The lowest BCUT2D eigenvalue weighted by Gasteiger charge is -2.05. The number of rotatable bonds is 4. The van der Waals surface area contributed by atoms with Crippen molar-refractivity contribution in [2.24, 2.45) is 0 Å². The van der Waals surface area contributed by atoms with Crippen LogP contribution in [0.4, 0.5) is 4.39 Å². The number of carbonyl (C=O) groups is 1. The van der Waals surface area contributed by atoms with Gasteiger partial charge in [0.15, 0.2) is 6.29 Å². The molecule has 85 valence electrons. The molecule has 1 radical (unpaired) electrons. The van der Waals surface area contributed by atoms with Crippen molar-refractivity contribution >= 4 is 6.29 Å². The molecule has 0 aliphatic rings. The highest BCUT2D eigenvalue weighted by Gasteiger charge is 1.97. The SMILES string of the molecule is O=Cc1[c]cc(OCc2ccc(F)cc2)cc1. The minimum Gasteiger partial charge on any atom is -0.489 e. The first-order valence-electron chi connectivity index (χ1n) is 5.12. The molecule has 0 unspecified atom stereocenters. The van der Waals surface area contributed by atoms with Crippen molar-refractivity contribution in [2.75, 3.05) is 0 Å². The van der Waals surface area contributed by atoms with E-state index < -0.39 is 0 Å². The van der Waals surface area contributed by atoms with Crippen molar-refractivity contribution in [3.63, 3.8) is 0 Å². The van der Waals surface area contributed by atoms with Gasteiger partial charge in [-0.1, -0.05) is 12.1 Å². The topological polar surface area (TPSA) is 26.3 Å². The van der Waals surface area contributed by atoms with Crippen LogP contribution in [-0.4, -0.2) is 6.29 Å². The van der Waals surface area contributed by atoms with Gasteiger partial charge in [-0.2, -0.15) is 0 Å². The summed E-state index contributed by atoms with van der Waals surface area (Å²) in [5.41, 5.74) is 1.37. The van der Waals surface area contributed by atoms with Gasteiger partial charge in [0.25, 0.3) is 0 Å². The van der Waals surface area contributed by atoms with E-state index in [1.165, 1.54) is 12.1 Å². The molecule has 3 heteroatoms. The number of carbonyl (C=O) groups excluding carboxylic acids is 1. The third-order valence-corrected chi connectivity index (χ3v) is 2.25. The zero-order valence-corrected chi connectivity index (χ0v) is 9.02. The molecule has 0 N–H and O–H groups in total. The van der Waals surface area contributed by atoms with Crippen LogP contribution in [0.5, 0.6) is 5.75 Å². The summed E-state index contributed by atoms with van der Waals surface area (Å²) in [6, 6.07) is 13.8. The molecule has 0 aliphatic carbocycles. The summed E-state index contributed by atoms with van der Waals surface area (Å²) in [6.45, 7) is 0.356. The summed E-state index contributed by atoms with van der Waals surface area (Å²) >= 11 is 0. The second-order valence-electron chi connectivity index (χ2n) is 3.51. The number of halogens is 1. The Labute approximate surface area is 98.7 Å². The highest BCUT2D eigenvalue weighted by atomic mass is 19.1. The first-order valence-corrected chi connectivity index (χ1v) is 5.12. The molecule has 0 fully saturated rings. The van der Waals surface area contributed by atoms with Crippen LogP contribution >= 0.6 is 0 Å². The second-order valence-corrected chi connectivity index (χ2v) is 3.51. The van der Waals surface area contributed by atoms with Gasteiger partial charge in [-0.3, -0.25) is 4.79 Å². The minimum absolute atomic E-state index is 0.266. The van der Waals surface area contributed by atoms with Crippen molar-refractivity contribution in [1.29, 1.82) is 0 Å². The summed E-state index contributed by atoms with van der Waals surface area (Å²) in [5, 5.41) is 0. The largest absolute Gasteiger partial charge is 0.489 e. The van der Waals surface area contributed by atoms with E-state index in [4.69, 9.17) is 4.74 Å². The molecule has 0 heterocycles. The first-order chi connectivity index (χ1) is 8.28. The summed E-state index contributed by atoms with van der Waals surface area (Å²) in [7, 11) is 0. The van der Waals surface area contributed by atoms with E-state index in [1.807, 2.05) is 0 Å². The molecular weight excluding hydrogens is 219 g/mol. The number of hydrogen-bond acceptors (Lipinski definition) is 2. The minimum atomic E-state index is -0.266. The lowest BCUT2D eigenvalue weighted by molar-refractivity contribution is 0.112. The molecule has 0 aliphatic heterocycles. The second kappa shape index (κ2) is 5.25. The molecule has 0 atom stereocenters. The normalized spacial score (nSPS) is 9.94. The third kappa shape index (κ3) is 3.14. The van der Waals surface area contributed by atoms with Gasteiger partial charge in [-0.15, -0.1) is 0 Å². The lowest BCUT2D eigenvalue weighted by atomic mass is 10.2. The lowest BCUT2D eigenvalue weighted by Crippen LogP contribution is -1.95. The Kier molecular flexibility index (Phi) is 3.50. The number of aldehydes is 1. The Morgan fingerprint density at radius 2 is 1.94 bits per heavy atom. The van der Waals surface area contributed by atoms with Crippen molar-refractivity contribution in [2.45, 2.75) is 6.61 Å². The average Bonchev–Trinajstić information content (AvgIpc) is 2.39. The molecule has 0 spiro atoms. The van der Waals surface area contributed by atoms with Gasteiger partial charge in [0.1, 0.15) is 18.2 Å². The van der Waals surface area contributed by atoms with Gasteiger partial charge in [-0.25, -0.2) is 4.39 Å². The highest BCUT2D eigenvalue weighted by Crippen LogP contribution is 2.13. The monoisotopic (exact) mass is 229 g/mol. The molecule has 0 saturated heterocycles. The maximum Gasteiger partial charge on any atom is 0.150 e. The summed E-state index contributed by atoms with van der Waals surface area (Å²) < 4.78 is 18.1. The van der Waals surface area contributed by atoms with E-state index in [9.17, 15) is 9.18 Å². The molecule has 0 aromatic heterocycles. The van der Waals surface area contributed by atoms with Gasteiger partial charge in [0, 0.05) is 5.56 Å².